The molecule has 1 aromatic carbocycles. The topological polar surface area (TPSA) is 87.5 Å². The number of urea groups is 1. The Bertz CT molecular complexity index is 1050. The van der Waals surface area contributed by atoms with E-state index in [0.29, 0.717) is 34.3 Å². The van der Waals surface area contributed by atoms with Crippen molar-refractivity contribution in [1.82, 2.24) is 20.0 Å². The lowest BCUT2D eigenvalue weighted by atomic mass is 10.1. The molecule has 0 fully saturated rings. The summed E-state index contributed by atoms with van der Waals surface area (Å²) in [5, 5.41) is 9.10. The lowest BCUT2D eigenvalue weighted by Crippen LogP contribution is -2.43. The molecule has 0 bridgehead atoms. The average molecular weight is 414 g/mol. The van der Waals surface area contributed by atoms with Crippen LogP contribution in [-0.2, 0) is 6.54 Å². The van der Waals surface area contributed by atoms with E-state index in [-0.39, 0.29) is 17.5 Å². The van der Waals surface area contributed by atoms with Crippen molar-refractivity contribution in [2.24, 2.45) is 0 Å². The van der Waals surface area contributed by atoms with Gasteiger partial charge in [0.1, 0.15) is 11.3 Å². The van der Waals surface area contributed by atoms with E-state index in [0.717, 1.165) is 5.56 Å². The minimum absolute atomic E-state index is 0.218. The van der Waals surface area contributed by atoms with Crippen molar-refractivity contribution in [3.8, 4) is 0 Å². The number of anilines is 1. The largest absolute Gasteiger partial charge is 0.347 e. The zero-order valence-electron chi connectivity index (χ0n) is 16.8. The number of nitrogens with one attached hydrogen (secondary N) is 3. The predicted octanol–water partition coefficient (Wildman–Crippen LogP) is 4.15. The molecule has 0 atom stereocenters. The number of hydrogen-bond acceptors (Lipinski definition) is 3. The van der Waals surface area contributed by atoms with Gasteiger partial charge in [-0.3, -0.25) is 9.20 Å². The number of imidazole rings is 1. The molecule has 2 aromatic heterocycles. The molecule has 0 radical (unpaired) electrons. The standard InChI is InChI=1S/C21H24ClN5O2/c1-13-18(27-10-9-15(22)11-17(27)24-13)19(28)23-12-14-5-7-16(8-6-14)25-20(29)26-21(2,3)4/h5-11H,12H2,1-4H3,(H,23,28)(H2,25,26,29). The van der Waals surface area contributed by atoms with Crippen LogP contribution in [0.1, 0.15) is 42.5 Å². The maximum Gasteiger partial charge on any atom is 0.319 e. The van der Waals surface area contributed by atoms with Gasteiger partial charge in [0.05, 0.1) is 5.69 Å². The van der Waals surface area contributed by atoms with Crippen LogP contribution in [0.25, 0.3) is 5.65 Å². The van der Waals surface area contributed by atoms with E-state index >= 15 is 0 Å². The third kappa shape index (κ3) is 5.26. The number of aryl methyl sites for hydroxylation is 1. The number of benzene rings is 1. The number of hydrogen-bond donors (Lipinski definition) is 3. The van der Waals surface area contributed by atoms with Crippen LogP contribution in [0.4, 0.5) is 10.5 Å². The van der Waals surface area contributed by atoms with E-state index in [4.69, 9.17) is 11.6 Å². The SMILES string of the molecule is Cc1nc2cc(Cl)ccn2c1C(=O)NCc1ccc(NC(=O)NC(C)(C)C)cc1. The molecule has 3 rings (SSSR count). The van der Waals surface area contributed by atoms with Crippen molar-refractivity contribution in [3.05, 3.63) is 64.6 Å². The second-order valence-corrected chi connectivity index (χ2v) is 8.26. The molecule has 2 heterocycles. The number of rotatable bonds is 4. The Hall–Kier alpha value is -3.06. The maximum absolute atomic E-state index is 12.7. The van der Waals surface area contributed by atoms with Gasteiger partial charge in [-0.05, 0) is 51.5 Å². The summed E-state index contributed by atoms with van der Waals surface area (Å²) in [7, 11) is 0. The fourth-order valence-corrected chi connectivity index (χ4v) is 3.04. The Labute approximate surface area is 174 Å². The zero-order valence-corrected chi connectivity index (χ0v) is 17.6. The van der Waals surface area contributed by atoms with Crippen LogP contribution in [-0.4, -0.2) is 26.9 Å². The molecule has 0 aliphatic heterocycles. The number of halogens is 1. The van der Waals surface area contributed by atoms with Gasteiger partial charge in [-0.2, -0.15) is 0 Å². The molecule has 3 amide bonds. The van der Waals surface area contributed by atoms with E-state index < -0.39 is 0 Å². The van der Waals surface area contributed by atoms with Crippen molar-refractivity contribution in [3.63, 3.8) is 0 Å². The number of aromatic nitrogens is 2. The molecular weight excluding hydrogens is 390 g/mol. The predicted molar refractivity (Wildman–Crippen MR) is 114 cm³/mol. The summed E-state index contributed by atoms with van der Waals surface area (Å²) in [4.78, 5) is 29.0. The Morgan fingerprint density at radius 2 is 1.83 bits per heavy atom. The van der Waals surface area contributed by atoms with E-state index in [1.165, 1.54) is 0 Å². The highest BCUT2D eigenvalue weighted by Crippen LogP contribution is 2.17. The van der Waals surface area contributed by atoms with Crippen LogP contribution in [0.2, 0.25) is 5.02 Å². The monoisotopic (exact) mass is 413 g/mol. The summed E-state index contributed by atoms with van der Waals surface area (Å²) < 4.78 is 1.72. The van der Waals surface area contributed by atoms with Crippen LogP contribution in [0.5, 0.6) is 0 Å². The summed E-state index contributed by atoms with van der Waals surface area (Å²) in [6, 6.07) is 10.5. The number of carbonyl (C=O) groups is 2. The Morgan fingerprint density at radius 3 is 2.48 bits per heavy atom. The summed E-state index contributed by atoms with van der Waals surface area (Å²) in [6.07, 6.45) is 1.73. The summed E-state index contributed by atoms with van der Waals surface area (Å²) in [6.45, 7) is 7.89. The summed E-state index contributed by atoms with van der Waals surface area (Å²) >= 11 is 5.99. The Balaban J connectivity index is 1.62. The highest BCUT2D eigenvalue weighted by atomic mass is 35.5. The van der Waals surface area contributed by atoms with Gasteiger partial charge in [-0.15, -0.1) is 0 Å². The molecule has 8 heteroatoms. The molecule has 3 N–H and O–H groups in total. The Kier molecular flexibility index (Phi) is 5.79. The number of amides is 3. The fourth-order valence-electron chi connectivity index (χ4n) is 2.89. The van der Waals surface area contributed by atoms with Gasteiger partial charge in [-0.25, -0.2) is 9.78 Å². The number of carbonyl (C=O) groups excluding carboxylic acids is 2. The second kappa shape index (κ2) is 8.13. The van der Waals surface area contributed by atoms with Crippen LogP contribution in [0.3, 0.4) is 0 Å². The third-order valence-electron chi connectivity index (χ3n) is 4.13. The van der Waals surface area contributed by atoms with Crippen LogP contribution >= 0.6 is 11.6 Å². The molecule has 0 aliphatic carbocycles. The first-order valence-electron chi connectivity index (χ1n) is 9.23. The normalized spacial score (nSPS) is 11.3. The summed E-state index contributed by atoms with van der Waals surface area (Å²) in [5.74, 6) is -0.218. The molecule has 0 saturated heterocycles. The molecule has 0 saturated carbocycles. The fraction of sp³-hybridized carbons (Fsp3) is 0.286. The average Bonchev–Trinajstić information content (AvgIpc) is 2.94. The van der Waals surface area contributed by atoms with Crippen molar-refractivity contribution in [2.75, 3.05) is 5.32 Å². The van der Waals surface area contributed by atoms with E-state index in [9.17, 15) is 9.59 Å². The molecule has 3 aromatic rings. The minimum Gasteiger partial charge on any atom is -0.347 e. The molecule has 0 aliphatic rings. The van der Waals surface area contributed by atoms with Crippen molar-refractivity contribution >= 4 is 34.9 Å². The molecule has 0 spiro atoms. The first kappa shape index (κ1) is 20.7. The molecule has 152 valence electrons. The first-order valence-corrected chi connectivity index (χ1v) is 9.61. The second-order valence-electron chi connectivity index (χ2n) is 7.83. The zero-order chi connectivity index (χ0) is 21.2. The molecular formula is C21H24ClN5O2. The highest BCUT2D eigenvalue weighted by Gasteiger charge is 2.17. The maximum atomic E-state index is 12.7. The van der Waals surface area contributed by atoms with Gasteiger partial charge >= 0.3 is 6.03 Å². The van der Waals surface area contributed by atoms with Crippen LogP contribution in [0, 0.1) is 6.92 Å². The van der Waals surface area contributed by atoms with Crippen molar-refractivity contribution in [2.45, 2.75) is 39.8 Å². The van der Waals surface area contributed by atoms with Crippen molar-refractivity contribution in [1.29, 1.82) is 0 Å². The summed E-state index contributed by atoms with van der Waals surface area (Å²) in [5.41, 5.74) is 3.02. The van der Waals surface area contributed by atoms with E-state index in [2.05, 4.69) is 20.9 Å². The Morgan fingerprint density at radius 1 is 1.14 bits per heavy atom. The van der Waals surface area contributed by atoms with Crippen LogP contribution < -0.4 is 16.0 Å². The quantitative estimate of drug-likeness (QED) is 0.600. The van der Waals surface area contributed by atoms with Gasteiger partial charge in [0, 0.05) is 35.1 Å². The van der Waals surface area contributed by atoms with E-state index in [1.54, 1.807) is 41.8 Å². The first-order chi connectivity index (χ1) is 13.6. The van der Waals surface area contributed by atoms with E-state index in [1.807, 2.05) is 32.9 Å². The number of fused-ring (bicyclic) bond motifs is 1. The number of pyridine rings is 1. The molecule has 0 unspecified atom stereocenters. The minimum atomic E-state index is -0.310. The lowest BCUT2D eigenvalue weighted by molar-refractivity contribution is 0.0944. The van der Waals surface area contributed by atoms with Crippen molar-refractivity contribution < 1.29 is 9.59 Å². The van der Waals surface area contributed by atoms with Gasteiger partial charge in [0.2, 0.25) is 0 Å². The van der Waals surface area contributed by atoms with Gasteiger partial charge in [0.25, 0.3) is 5.91 Å². The smallest absolute Gasteiger partial charge is 0.319 e. The lowest BCUT2D eigenvalue weighted by Gasteiger charge is -2.20. The number of nitrogens with zero attached hydrogens (tertiary/aromatic N) is 2. The molecule has 7 nitrogen and oxygen atoms in total. The van der Waals surface area contributed by atoms with Crippen LogP contribution in [0.15, 0.2) is 42.6 Å². The van der Waals surface area contributed by atoms with Gasteiger partial charge in [-0.1, -0.05) is 23.7 Å². The third-order valence-corrected chi connectivity index (χ3v) is 4.37. The molecule has 29 heavy (non-hydrogen) atoms. The highest BCUT2D eigenvalue weighted by molar-refractivity contribution is 6.30. The van der Waals surface area contributed by atoms with Gasteiger partial charge < -0.3 is 16.0 Å². The van der Waals surface area contributed by atoms with Gasteiger partial charge in [0.15, 0.2) is 0 Å².